The van der Waals surface area contributed by atoms with Gasteiger partial charge in [-0.05, 0) is 12.8 Å². The van der Waals surface area contributed by atoms with Crippen LogP contribution in [0.2, 0.25) is 0 Å². The number of aliphatic hydroxyl groups excluding tert-OH is 5. The third kappa shape index (κ3) is 22.1. The number of hydrogen-bond acceptors (Lipinski definition) is 8. The van der Waals surface area contributed by atoms with Gasteiger partial charge in [-0.15, -0.1) is 0 Å². The SMILES string of the molecule is CCCCCCCCCCCCCCCC(=O)N[C@@H](CO[C@@H]1O[C@H](CO)[C@H](O)C(O)C1O)[C@H](O)CCCCCCCCCCCCCC. The number of aliphatic hydroxyl groups is 5. The van der Waals surface area contributed by atoms with Crippen LogP contribution in [-0.2, 0) is 14.3 Å². The van der Waals surface area contributed by atoms with E-state index in [9.17, 15) is 30.3 Å². The van der Waals surface area contributed by atoms with Crippen molar-refractivity contribution < 1.29 is 39.8 Å². The Balaban J connectivity index is 2.39. The number of rotatable bonds is 33. The number of nitrogens with one attached hydrogen (secondary N) is 1. The zero-order valence-corrected chi connectivity index (χ0v) is 31.0. The fourth-order valence-electron chi connectivity index (χ4n) is 6.63. The second-order valence-corrected chi connectivity index (χ2v) is 14.4. The highest BCUT2D eigenvalue weighted by molar-refractivity contribution is 5.76. The van der Waals surface area contributed by atoms with Crippen LogP contribution in [0.1, 0.15) is 187 Å². The predicted molar refractivity (Wildman–Crippen MR) is 194 cm³/mol. The topological polar surface area (TPSA) is 149 Å². The Morgan fingerprint density at radius 1 is 0.625 bits per heavy atom. The molecule has 0 saturated carbocycles. The lowest BCUT2D eigenvalue weighted by Gasteiger charge is -2.40. The van der Waals surface area contributed by atoms with Crippen LogP contribution in [0.5, 0.6) is 0 Å². The van der Waals surface area contributed by atoms with Crippen LogP contribution in [0, 0.1) is 0 Å². The van der Waals surface area contributed by atoms with Crippen molar-refractivity contribution >= 4 is 5.91 Å². The number of unbranched alkanes of at least 4 members (excludes halogenated alkanes) is 23. The molecule has 1 aliphatic heterocycles. The molecule has 1 heterocycles. The zero-order valence-electron chi connectivity index (χ0n) is 31.0. The van der Waals surface area contributed by atoms with Crippen LogP contribution in [-0.4, -0.2) is 87.5 Å². The molecule has 2 unspecified atom stereocenters. The average Bonchev–Trinajstić information content (AvgIpc) is 3.08. The maximum absolute atomic E-state index is 12.9. The van der Waals surface area contributed by atoms with Gasteiger partial charge in [-0.25, -0.2) is 0 Å². The summed E-state index contributed by atoms with van der Waals surface area (Å²) in [5.74, 6) is -0.144. The Morgan fingerprint density at radius 2 is 1.04 bits per heavy atom. The van der Waals surface area contributed by atoms with Crippen molar-refractivity contribution in [3.63, 3.8) is 0 Å². The van der Waals surface area contributed by atoms with E-state index in [-0.39, 0.29) is 12.5 Å². The Hall–Kier alpha value is -0.810. The van der Waals surface area contributed by atoms with Crippen LogP contribution < -0.4 is 5.32 Å². The molecule has 48 heavy (non-hydrogen) atoms. The summed E-state index contributed by atoms with van der Waals surface area (Å²) < 4.78 is 11.2. The molecule has 1 rings (SSSR count). The summed E-state index contributed by atoms with van der Waals surface area (Å²) in [5.41, 5.74) is 0. The molecule has 7 atom stereocenters. The molecule has 0 bridgehead atoms. The minimum Gasteiger partial charge on any atom is -0.394 e. The molecule has 0 aromatic heterocycles. The second kappa shape index (κ2) is 31.0. The summed E-state index contributed by atoms with van der Waals surface area (Å²) in [7, 11) is 0. The first kappa shape index (κ1) is 45.2. The van der Waals surface area contributed by atoms with Gasteiger partial charge >= 0.3 is 0 Å². The summed E-state index contributed by atoms with van der Waals surface area (Å²) in [6.45, 7) is 3.81. The van der Waals surface area contributed by atoms with Crippen LogP contribution >= 0.6 is 0 Å². The van der Waals surface area contributed by atoms with Gasteiger partial charge in [0.1, 0.15) is 24.4 Å². The van der Waals surface area contributed by atoms with Crippen molar-refractivity contribution in [2.45, 2.75) is 230 Å². The van der Waals surface area contributed by atoms with E-state index in [1.54, 1.807) is 0 Å². The normalized spacial score (nSPS) is 22.5. The van der Waals surface area contributed by atoms with Gasteiger partial charge in [-0.2, -0.15) is 0 Å². The highest BCUT2D eigenvalue weighted by Crippen LogP contribution is 2.23. The molecule has 1 fully saturated rings. The van der Waals surface area contributed by atoms with Crippen molar-refractivity contribution in [2.75, 3.05) is 13.2 Å². The zero-order chi connectivity index (χ0) is 35.2. The van der Waals surface area contributed by atoms with Gasteiger partial charge in [-0.3, -0.25) is 4.79 Å². The third-order valence-corrected chi connectivity index (χ3v) is 9.96. The second-order valence-electron chi connectivity index (χ2n) is 14.4. The summed E-state index contributed by atoms with van der Waals surface area (Å²) in [4.78, 5) is 12.9. The van der Waals surface area contributed by atoms with Gasteiger partial charge in [0.25, 0.3) is 0 Å². The van der Waals surface area contributed by atoms with Gasteiger partial charge in [0.15, 0.2) is 6.29 Å². The van der Waals surface area contributed by atoms with Crippen molar-refractivity contribution in [1.29, 1.82) is 0 Å². The highest BCUT2D eigenvalue weighted by atomic mass is 16.7. The molecule has 1 aliphatic rings. The molecule has 0 aliphatic carbocycles. The molecule has 286 valence electrons. The van der Waals surface area contributed by atoms with Crippen LogP contribution in [0.15, 0.2) is 0 Å². The number of carbonyl (C=O) groups is 1. The minimum absolute atomic E-state index is 0.132. The molecule has 1 amide bonds. The van der Waals surface area contributed by atoms with E-state index in [0.717, 1.165) is 38.5 Å². The molecule has 0 aromatic rings. The van der Waals surface area contributed by atoms with Gasteiger partial charge in [0.2, 0.25) is 5.91 Å². The van der Waals surface area contributed by atoms with Crippen LogP contribution in [0.3, 0.4) is 0 Å². The maximum Gasteiger partial charge on any atom is 0.220 e. The summed E-state index contributed by atoms with van der Waals surface area (Å²) in [6.07, 6.45) is 23.9. The number of ether oxygens (including phenoxy) is 2. The van der Waals surface area contributed by atoms with Gasteiger partial charge < -0.3 is 40.3 Å². The lowest BCUT2D eigenvalue weighted by atomic mass is 9.99. The molecule has 1 saturated heterocycles. The van der Waals surface area contributed by atoms with Crippen molar-refractivity contribution in [2.24, 2.45) is 0 Å². The Labute approximate surface area is 294 Å². The predicted octanol–water partition coefficient (Wildman–Crippen LogP) is 7.22. The molecule has 9 heteroatoms. The lowest BCUT2D eigenvalue weighted by molar-refractivity contribution is -0.302. The summed E-state index contributed by atoms with van der Waals surface area (Å²) in [6, 6.07) is -0.709. The Morgan fingerprint density at radius 3 is 1.48 bits per heavy atom. The average molecular weight is 688 g/mol. The van der Waals surface area contributed by atoms with E-state index in [1.165, 1.54) is 122 Å². The van der Waals surface area contributed by atoms with Crippen LogP contribution in [0.25, 0.3) is 0 Å². The first-order chi connectivity index (χ1) is 23.3. The number of amides is 1. The Kier molecular flexibility index (Phi) is 29.2. The molecular weight excluding hydrogens is 610 g/mol. The van der Waals surface area contributed by atoms with Gasteiger partial charge in [-0.1, -0.05) is 168 Å². The van der Waals surface area contributed by atoms with E-state index in [0.29, 0.717) is 12.8 Å². The van der Waals surface area contributed by atoms with E-state index < -0.39 is 49.5 Å². The fourth-order valence-corrected chi connectivity index (χ4v) is 6.63. The summed E-state index contributed by atoms with van der Waals surface area (Å²) in [5, 5.41) is 54.1. The largest absolute Gasteiger partial charge is 0.394 e. The molecule has 0 aromatic carbocycles. The maximum atomic E-state index is 12.9. The monoisotopic (exact) mass is 688 g/mol. The van der Waals surface area contributed by atoms with Crippen molar-refractivity contribution in [3.05, 3.63) is 0 Å². The van der Waals surface area contributed by atoms with Gasteiger partial charge in [0, 0.05) is 6.42 Å². The molecule has 0 spiro atoms. The van der Waals surface area contributed by atoms with Crippen molar-refractivity contribution in [3.8, 4) is 0 Å². The molecule has 6 N–H and O–H groups in total. The van der Waals surface area contributed by atoms with E-state index in [2.05, 4.69) is 19.2 Å². The first-order valence-electron chi connectivity index (χ1n) is 20.2. The smallest absolute Gasteiger partial charge is 0.220 e. The van der Waals surface area contributed by atoms with E-state index >= 15 is 0 Å². The van der Waals surface area contributed by atoms with E-state index in [1.807, 2.05) is 0 Å². The highest BCUT2D eigenvalue weighted by Gasteiger charge is 2.44. The molecule has 9 nitrogen and oxygen atoms in total. The van der Waals surface area contributed by atoms with Gasteiger partial charge in [0.05, 0.1) is 25.4 Å². The number of carbonyl (C=O) groups excluding carboxylic acids is 1. The fraction of sp³-hybridized carbons (Fsp3) is 0.974. The third-order valence-electron chi connectivity index (χ3n) is 9.96. The van der Waals surface area contributed by atoms with Crippen molar-refractivity contribution in [1.82, 2.24) is 5.32 Å². The standard InChI is InChI=1S/C39H77NO8/c1-3-5-7-9-11-13-15-17-19-21-23-25-27-29-35(43)40-32(31-47-39-38(46)37(45)36(44)34(30-41)48-39)33(42)28-26-24-22-20-18-16-14-12-10-8-6-4-2/h32-34,36-39,41-42,44-46H,3-31H2,1-2H3,(H,40,43)/t32-,33+,34+,36-,37?,38?,39+/m0/s1. The van der Waals surface area contributed by atoms with E-state index in [4.69, 9.17) is 9.47 Å². The lowest BCUT2D eigenvalue weighted by Crippen LogP contribution is -2.60. The first-order valence-corrected chi connectivity index (χ1v) is 20.2. The molecule has 0 radical (unpaired) electrons. The minimum atomic E-state index is -1.55. The van der Waals surface area contributed by atoms with Crippen LogP contribution in [0.4, 0.5) is 0 Å². The quantitative estimate of drug-likeness (QED) is 0.0396. The molecular formula is C39H77NO8. The summed E-state index contributed by atoms with van der Waals surface area (Å²) >= 11 is 0. The Bertz CT molecular complexity index is 726. The number of hydrogen-bond donors (Lipinski definition) is 6.